The fraction of sp³-hybridized carbons (Fsp3) is 0.667. The van der Waals surface area contributed by atoms with Gasteiger partial charge in [-0.15, -0.1) is 24.0 Å². The van der Waals surface area contributed by atoms with E-state index in [1.807, 2.05) is 0 Å². The van der Waals surface area contributed by atoms with Crippen LogP contribution in [0.15, 0.2) is 29.3 Å². The van der Waals surface area contributed by atoms with E-state index in [1.165, 1.54) is 30.5 Å². The van der Waals surface area contributed by atoms with E-state index >= 15 is 0 Å². The molecular formula is C21H36IN5O2S. The average molecular weight is 550 g/mol. The predicted molar refractivity (Wildman–Crippen MR) is 135 cm³/mol. The number of hydrogen-bond donors (Lipinski definition) is 3. The van der Waals surface area contributed by atoms with Crippen LogP contribution < -0.4 is 20.3 Å². The van der Waals surface area contributed by atoms with Gasteiger partial charge in [-0.25, -0.2) is 13.1 Å². The first-order valence-corrected chi connectivity index (χ1v) is 12.4. The highest BCUT2D eigenvalue weighted by atomic mass is 127. The molecule has 0 bridgehead atoms. The Morgan fingerprint density at radius 2 is 1.97 bits per heavy atom. The summed E-state index contributed by atoms with van der Waals surface area (Å²) in [5, 5.41) is 6.48. The highest BCUT2D eigenvalue weighted by Crippen LogP contribution is 2.25. The van der Waals surface area contributed by atoms with E-state index in [9.17, 15) is 8.42 Å². The number of halogens is 1. The maximum atomic E-state index is 12.1. The Labute approximate surface area is 198 Å². The Morgan fingerprint density at radius 3 is 2.60 bits per heavy atom. The van der Waals surface area contributed by atoms with E-state index in [0.29, 0.717) is 25.0 Å². The molecule has 2 fully saturated rings. The lowest BCUT2D eigenvalue weighted by molar-refractivity contribution is 0.316. The second kappa shape index (κ2) is 12.1. The fourth-order valence-electron chi connectivity index (χ4n) is 3.77. The number of anilines is 1. The predicted octanol–water partition coefficient (Wildman–Crippen LogP) is 2.85. The van der Waals surface area contributed by atoms with E-state index in [4.69, 9.17) is 0 Å². The molecule has 1 saturated carbocycles. The van der Waals surface area contributed by atoms with Gasteiger partial charge < -0.3 is 15.5 Å². The van der Waals surface area contributed by atoms with E-state index < -0.39 is 10.0 Å². The zero-order valence-electron chi connectivity index (χ0n) is 18.1. The average Bonchev–Trinajstić information content (AvgIpc) is 3.20. The summed E-state index contributed by atoms with van der Waals surface area (Å²) >= 11 is 0. The standard InChI is InChI=1S/C21H35N5O2S.HI/c1-17(19-9-6-10-20(15-19)26-12-3-4-13-26)25-21(22-2)23-11-14-29(27,28)24-16-18-7-5-8-18;/h6,9-10,15,17-18,24H,3-5,7-8,11-14,16H2,1-2H3,(H2,22,23,25);1H. The molecule has 3 rings (SSSR count). The van der Waals surface area contributed by atoms with Gasteiger partial charge in [-0.1, -0.05) is 18.6 Å². The molecule has 1 heterocycles. The fourth-order valence-corrected chi connectivity index (χ4v) is 4.77. The Bertz CT molecular complexity index is 792. The van der Waals surface area contributed by atoms with Crippen LogP contribution in [0.2, 0.25) is 0 Å². The number of guanidine groups is 1. The molecule has 30 heavy (non-hydrogen) atoms. The molecule has 1 saturated heterocycles. The Balaban J connectivity index is 0.00000320. The number of hydrogen-bond acceptors (Lipinski definition) is 4. The van der Waals surface area contributed by atoms with Crippen molar-refractivity contribution >= 4 is 45.6 Å². The minimum Gasteiger partial charge on any atom is -0.372 e. The van der Waals surface area contributed by atoms with Crippen molar-refractivity contribution in [3.8, 4) is 0 Å². The van der Waals surface area contributed by atoms with Crippen molar-refractivity contribution in [2.24, 2.45) is 10.9 Å². The van der Waals surface area contributed by atoms with Crippen LogP contribution in [-0.4, -0.2) is 53.4 Å². The molecule has 170 valence electrons. The first kappa shape index (κ1) is 25.2. The Morgan fingerprint density at radius 1 is 1.23 bits per heavy atom. The van der Waals surface area contributed by atoms with Crippen molar-refractivity contribution in [1.29, 1.82) is 0 Å². The largest absolute Gasteiger partial charge is 0.372 e. The van der Waals surface area contributed by atoms with E-state index in [2.05, 4.69) is 56.4 Å². The Hall–Kier alpha value is -1.07. The van der Waals surface area contributed by atoms with E-state index in [0.717, 1.165) is 25.9 Å². The molecule has 1 aromatic carbocycles. The summed E-state index contributed by atoms with van der Waals surface area (Å²) in [7, 11) is -1.55. The topological polar surface area (TPSA) is 85.8 Å². The number of sulfonamides is 1. The molecule has 1 unspecified atom stereocenters. The Kier molecular flexibility index (Phi) is 10.2. The molecule has 0 spiro atoms. The summed E-state index contributed by atoms with van der Waals surface area (Å²) in [5.41, 5.74) is 2.45. The number of benzene rings is 1. The van der Waals surface area contributed by atoms with Gasteiger partial charge in [0, 0.05) is 38.9 Å². The van der Waals surface area contributed by atoms with Crippen LogP contribution in [0.5, 0.6) is 0 Å². The van der Waals surface area contributed by atoms with Crippen molar-refractivity contribution < 1.29 is 8.42 Å². The summed E-state index contributed by atoms with van der Waals surface area (Å²) in [6.45, 7) is 5.22. The zero-order chi connectivity index (χ0) is 20.7. The first-order chi connectivity index (χ1) is 14.0. The maximum absolute atomic E-state index is 12.1. The van der Waals surface area contributed by atoms with Crippen molar-refractivity contribution in [3.63, 3.8) is 0 Å². The number of nitrogens with one attached hydrogen (secondary N) is 3. The molecule has 0 amide bonds. The lowest BCUT2D eigenvalue weighted by Crippen LogP contribution is -2.42. The van der Waals surface area contributed by atoms with Crippen molar-refractivity contribution in [1.82, 2.24) is 15.4 Å². The summed E-state index contributed by atoms with van der Waals surface area (Å²) in [6, 6.07) is 8.66. The van der Waals surface area contributed by atoms with Crippen LogP contribution in [0.4, 0.5) is 5.69 Å². The normalized spacial score (nSPS) is 18.5. The van der Waals surface area contributed by atoms with Gasteiger partial charge in [0.25, 0.3) is 0 Å². The third-order valence-electron chi connectivity index (χ3n) is 5.90. The van der Waals surface area contributed by atoms with Crippen LogP contribution >= 0.6 is 24.0 Å². The molecule has 2 aliphatic rings. The van der Waals surface area contributed by atoms with Gasteiger partial charge >= 0.3 is 0 Å². The van der Waals surface area contributed by atoms with E-state index in [1.54, 1.807) is 7.05 Å². The van der Waals surface area contributed by atoms with Crippen molar-refractivity contribution in [2.45, 2.75) is 45.1 Å². The summed E-state index contributed by atoms with van der Waals surface area (Å²) in [4.78, 5) is 6.66. The van der Waals surface area contributed by atoms with Crippen molar-refractivity contribution in [3.05, 3.63) is 29.8 Å². The van der Waals surface area contributed by atoms with Crippen LogP contribution in [0.1, 0.15) is 50.6 Å². The SMILES string of the molecule is CN=C(NCCS(=O)(=O)NCC1CCC1)NC(C)c1cccc(N2CCCC2)c1.I. The minimum absolute atomic E-state index is 0. The molecular weight excluding hydrogens is 513 g/mol. The van der Waals surface area contributed by atoms with Crippen LogP contribution in [0.3, 0.4) is 0 Å². The van der Waals surface area contributed by atoms with Crippen LogP contribution in [0, 0.1) is 5.92 Å². The monoisotopic (exact) mass is 549 g/mol. The van der Waals surface area contributed by atoms with Crippen LogP contribution in [0.25, 0.3) is 0 Å². The highest BCUT2D eigenvalue weighted by Gasteiger charge is 2.20. The lowest BCUT2D eigenvalue weighted by Gasteiger charge is -2.25. The second-order valence-electron chi connectivity index (χ2n) is 8.12. The molecule has 1 aromatic rings. The van der Waals surface area contributed by atoms with Gasteiger partial charge in [0.05, 0.1) is 11.8 Å². The summed E-state index contributed by atoms with van der Waals surface area (Å²) < 4.78 is 27.0. The van der Waals surface area contributed by atoms with Gasteiger partial charge in [-0.3, -0.25) is 4.99 Å². The second-order valence-corrected chi connectivity index (χ2v) is 10.0. The molecule has 1 aliphatic heterocycles. The molecule has 1 atom stereocenters. The number of nitrogens with zero attached hydrogens (tertiary/aromatic N) is 2. The lowest BCUT2D eigenvalue weighted by atomic mass is 9.86. The van der Waals surface area contributed by atoms with Crippen LogP contribution in [-0.2, 0) is 10.0 Å². The van der Waals surface area contributed by atoms with Gasteiger partial charge in [0.15, 0.2) is 5.96 Å². The molecule has 0 radical (unpaired) electrons. The molecule has 1 aliphatic carbocycles. The minimum atomic E-state index is -3.25. The van der Waals surface area contributed by atoms with Gasteiger partial charge in [0.2, 0.25) is 10.0 Å². The van der Waals surface area contributed by atoms with Gasteiger partial charge in [-0.2, -0.15) is 0 Å². The molecule has 0 aromatic heterocycles. The smallest absolute Gasteiger partial charge is 0.213 e. The molecule has 9 heteroatoms. The first-order valence-electron chi connectivity index (χ1n) is 10.8. The number of rotatable bonds is 9. The summed E-state index contributed by atoms with van der Waals surface area (Å²) in [6.07, 6.45) is 6.00. The highest BCUT2D eigenvalue weighted by molar-refractivity contribution is 14.0. The van der Waals surface area contributed by atoms with Gasteiger partial charge in [0.1, 0.15) is 0 Å². The molecule has 3 N–H and O–H groups in total. The van der Waals surface area contributed by atoms with Crippen molar-refractivity contribution in [2.75, 3.05) is 43.9 Å². The quantitative estimate of drug-likeness (QED) is 0.251. The third kappa shape index (κ3) is 7.56. The maximum Gasteiger partial charge on any atom is 0.213 e. The number of aliphatic imine (C=N–C) groups is 1. The van der Waals surface area contributed by atoms with E-state index in [-0.39, 0.29) is 35.8 Å². The summed E-state index contributed by atoms with van der Waals surface area (Å²) in [5.74, 6) is 1.17. The van der Waals surface area contributed by atoms with Gasteiger partial charge in [-0.05, 0) is 56.2 Å². The third-order valence-corrected chi connectivity index (χ3v) is 7.25. The zero-order valence-corrected chi connectivity index (χ0v) is 21.2. The molecule has 7 nitrogen and oxygen atoms in total.